The molecule has 1 saturated carbocycles. The van der Waals surface area contributed by atoms with Crippen LogP contribution in [0.25, 0.3) is 0 Å². The molecule has 0 spiro atoms. The van der Waals surface area contributed by atoms with Gasteiger partial charge in [0.2, 0.25) is 0 Å². The molecule has 1 heterocycles. The van der Waals surface area contributed by atoms with Crippen molar-refractivity contribution in [1.82, 2.24) is 10.2 Å². The lowest BCUT2D eigenvalue weighted by atomic mass is 9.88. The standard InChI is InChI=1S/C16H33N3/c1-3-10-19-11-4-5-14(12-19)13(2)18-16-8-6-15(17)7-9-16/h13-16,18H,3-12,17H2,1-2H3. The molecule has 2 aliphatic rings. The maximum Gasteiger partial charge on any atom is 0.00818 e. The molecule has 3 N–H and O–H groups in total. The van der Waals surface area contributed by atoms with Crippen LogP contribution in [-0.2, 0) is 0 Å². The predicted molar refractivity (Wildman–Crippen MR) is 82.3 cm³/mol. The van der Waals surface area contributed by atoms with Gasteiger partial charge in [0.15, 0.2) is 0 Å². The number of likely N-dealkylation sites (tertiary alicyclic amines) is 1. The minimum absolute atomic E-state index is 0.461. The summed E-state index contributed by atoms with van der Waals surface area (Å²) in [7, 11) is 0. The van der Waals surface area contributed by atoms with E-state index in [1.54, 1.807) is 0 Å². The summed E-state index contributed by atoms with van der Waals surface area (Å²) in [5.74, 6) is 0.843. The summed E-state index contributed by atoms with van der Waals surface area (Å²) < 4.78 is 0. The highest BCUT2D eigenvalue weighted by Gasteiger charge is 2.27. The van der Waals surface area contributed by atoms with E-state index in [0.717, 1.165) is 12.0 Å². The molecule has 0 aromatic carbocycles. The van der Waals surface area contributed by atoms with Gasteiger partial charge in [-0.15, -0.1) is 0 Å². The van der Waals surface area contributed by atoms with Crippen molar-refractivity contribution in [2.75, 3.05) is 19.6 Å². The second-order valence-corrected chi connectivity index (χ2v) is 6.77. The number of nitrogens with zero attached hydrogens (tertiary/aromatic N) is 1. The largest absolute Gasteiger partial charge is 0.328 e. The van der Waals surface area contributed by atoms with Crippen molar-refractivity contribution in [3.63, 3.8) is 0 Å². The van der Waals surface area contributed by atoms with Crippen LogP contribution in [0.5, 0.6) is 0 Å². The molecular formula is C16H33N3. The Morgan fingerprint density at radius 2 is 1.95 bits per heavy atom. The van der Waals surface area contributed by atoms with Gasteiger partial charge in [-0.25, -0.2) is 0 Å². The van der Waals surface area contributed by atoms with Crippen LogP contribution < -0.4 is 11.1 Å². The lowest BCUT2D eigenvalue weighted by molar-refractivity contribution is 0.142. The number of hydrogen-bond acceptors (Lipinski definition) is 3. The van der Waals surface area contributed by atoms with Gasteiger partial charge in [0.25, 0.3) is 0 Å². The number of rotatable bonds is 5. The fourth-order valence-corrected chi connectivity index (χ4v) is 3.81. The molecule has 1 saturated heterocycles. The highest BCUT2D eigenvalue weighted by atomic mass is 15.1. The SMILES string of the molecule is CCCN1CCCC(C(C)NC2CCC(N)CC2)C1. The third kappa shape index (κ3) is 4.73. The molecular weight excluding hydrogens is 234 g/mol. The molecule has 0 bridgehead atoms. The van der Waals surface area contributed by atoms with Gasteiger partial charge in [-0.3, -0.25) is 0 Å². The van der Waals surface area contributed by atoms with Crippen LogP contribution in [0.4, 0.5) is 0 Å². The maximum atomic E-state index is 5.99. The van der Waals surface area contributed by atoms with E-state index in [-0.39, 0.29) is 0 Å². The summed E-state index contributed by atoms with van der Waals surface area (Å²) in [5, 5.41) is 3.89. The Labute approximate surface area is 119 Å². The highest BCUT2D eigenvalue weighted by molar-refractivity contribution is 4.85. The minimum atomic E-state index is 0.461. The average molecular weight is 267 g/mol. The zero-order chi connectivity index (χ0) is 13.7. The van der Waals surface area contributed by atoms with E-state index in [1.165, 1.54) is 64.6 Å². The molecule has 0 aromatic rings. The second kappa shape index (κ2) is 7.61. The van der Waals surface area contributed by atoms with Gasteiger partial charge < -0.3 is 16.0 Å². The molecule has 2 rings (SSSR count). The third-order valence-corrected chi connectivity index (χ3v) is 5.06. The lowest BCUT2D eigenvalue weighted by Gasteiger charge is -2.38. The quantitative estimate of drug-likeness (QED) is 0.803. The zero-order valence-corrected chi connectivity index (χ0v) is 12.9. The Hall–Kier alpha value is -0.120. The van der Waals surface area contributed by atoms with Crippen LogP contribution in [0, 0.1) is 5.92 Å². The van der Waals surface area contributed by atoms with Crippen molar-refractivity contribution < 1.29 is 0 Å². The summed E-state index contributed by atoms with van der Waals surface area (Å²) in [6, 6.07) is 1.85. The van der Waals surface area contributed by atoms with E-state index >= 15 is 0 Å². The van der Waals surface area contributed by atoms with Crippen LogP contribution in [0.3, 0.4) is 0 Å². The molecule has 2 atom stereocenters. The maximum absolute atomic E-state index is 5.99. The summed E-state index contributed by atoms with van der Waals surface area (Å²) in [4.78, 5) is 2.66. The van der Waals surface area contributed by atoms with Crippen LogP contribution >= 0.6 is 0 Å². The van der Waals surface area contributed by atoms with E-state index < -0.39 is 0 Å². The molecule has 0 amide bonds. The fourth-order valence-electron chi connectivity index (χ4n) is 3.81. The summed E-state index contributed by atoms with van der Waals surface area (Å²) >= 11 is 0. The van der Waals surface area contributed by atoms with Crippen LogP contribution in [0.2, 0.25) is 0 Å². The first-order valence-corrected chi connectivity index (χ1v) is 8.43. The predicted octanol–water partition coefficient (Wildman–Crippen LogP) is 2.36. The topological polar surface area (TPSA) is 41.3 Å². The average Bonchev–Trinajstić information content (AvgIpc) is 2.42. The monoisotopic (exact) mass is 267 g/mol. The first-order valence-electron chi connectivity index (χ1n) is 8.43. The van der Waals surface area contributed by atoms with Gasteiger partial charge in [-0.2, -0.15) is 0 Å². The molecule has 112 valence electrons. The van der Waals surface area contributed by atoms with Crippen molar-refractivity contribution in [1.29, 1.82) is 0 Å². The number of nitrogens with one attached hydrogen (secondary N) is 1. The molecule has 3 heteroatoms. The van der Waals surface area contributed by atoms with Gasteiger partial charge in [0.05, 0.1) is 0 Å². The van der Waals surface area contributed by atoms with Gasteiger partial charge in [-0.05, 0) is 70.9 Å². The van der Waals surface area contributed by atoms with E-state index in [9.17, 15) is 0 Å². The van der Waals surface area contributed by atoms with Crippen LogP contribution in [0.1, 0.15) is 58.8 Å². The normalized spacial score (nSPS) is 35.2. The van der Waals surface area contributed by atoms with Gasteiger partial charge in [0.1, 0.15) is 0 Å². The third-order valence-electron chi connectivity index (χ3n) is 5.06. The van der Waals surface area contributed by atoms with E-state index in [0.29, 0.717) is 12.1 Å². The number of nitrogens with two attached hydrogens (primary N) is 1. The molecule has 2 fully saturated rings. The fraction of sp³-hybridized carbons (Fsp3) is 1.00. The Morgan fingerprint density at radius 1 is 1.21 bits per heavy atom. The Bertz CT molecular complexity index is 246. The van der Waals surface area contributed by atoms with Crippen molar-refractivity contribution in [3.8, 4) is 0 Å². The molecule has 3 nitrogen and oxygen atoms in total. The molecule has 0 aromatic heterocycles. The first-order chi connectivity index (χ1) is 9.19. The number of hydrogen-bond donors (Lipinski definition) is 2. The highest BCUT2D eigenvalue weighted by Crippen LogP contribution is 2.23. The molecule has 19 heavy (non-hydrogen) atoms. The Kier molecular flexibility index (Phi) is 6.11. The Balaban J connectivity index is 1.74. The lowest BCUT2D eigenvalue weighted by Crippen LogP contribution is -2.49. The van der Waals surface area contributed by atoms with Crippen molar-refractivity contribution >= 4 is 0 Å². The van der Waals surface area contributed by atoms with E-state index in [4.69, 9.17) is 5.73 Å². The van der Waals surface area contributed by atoms with Gasteiger partial charge in [-0.1, -0.05) is 6.92 Å². The smallest absolute Gasteiger partial charge is 0.00818 e. The molecule has 1 aliphatic carbocycles. The van der Waals surface area contributed by atoms with Gasteiger partial charge in [0, 0.05) is 24.7 Å². The molecule has 1 aliphatic heterocycles. The minimum Gasteiger partial charge on any atom is -0.328 e. The second-order valence-electron chi connectivity index (χ2n) is 6.77. The Morgan fingerprint density at radius 3 is 2.63 bits per heavy atom. The van der Waals surface area contributed by atoms with Crippen LogP contribution in [-0.4, -0.2) is 42.7 Å². The van der Waals surface area contributed by atoms with Crippen LogP contribution in [0.15, 0.2) is 0 Å². The van der Waals surface area contributed by atoms with E-state index in [2.05, 4.69) is 24.1 Å². The van der Waals surface area contributed by atoms with Gasteiger partial charge >= 0.3 is 0 Å². The van der Waals surface area contributed by atoms with Crippen molar-refractivity contribution in [2.24, 2.45) is 11.7 Å². The summed E-state index contributed by atoms with van der Waals surface area (Å²) in [6.07, 6.45) is 9.03. The summed E-state index contributed by atoms with van der Waals surface area (Å²) in [6.45, 7) is 8.58. The molecule has 2 unspecified atom stereocenters. The zero-order valence-electron chi connectivity index (χ0n) is 12.9. The first kappa shape index (κ1) is 15.3. The molecule has 0 radical (unpaired) electrons. The van der Waals surface area contributed by atoms with E-state index in [1.807, 2.05) is 0 Å². The summed E-state index contributed by atoms with van der Waals surface area (Å²) in [5.41, 5.74) is 5.99. The van der Waals surface area contributed by atoms with Crippen molar-refractivity contribution in [3.05, 3.63) is 0 Å². The number of piperidine rings is 1. The van der Waals surface area contributed by atoms with Crippen molar-refractivity contribution in [2.45, 2.75) is 76.9 Å².